The van der Waals surface area contributed by atoms with E-state index >= 15 is 0 Å². The Bertz CT molecular complexity index is 1950. The maximum absolute atomic E-state index is 13.2. The number of carbonyl (C=O) groups is 2. The van der Waals surface area contributed by atoms with Gasteiger partial charge in [-0.15, -0.1) is 0 Å². The first-order valence-corrected chi connectivity index (χ1v) is 17.5. The van der Waals surface area contributed by atoms with Gasteiger partial charge in [0.15, 0.2) is 0 Å². The lowest BCUT2D eigenvalue weighted by molar-refractivity contribution is -0.142. The smallest absolute Gasteiger partial charge is 0.252 e. The topological polar surface area (TPSA) is 107 Å². The first kappa shape index (κ1) is 31.5. The second kappa shape index (κ2) is 13.6. The van der Waals surface area contributed by atoms with E-state index in [-0.39, 0.29) is 30.0 Å². The van der Waals surface area contributed by atoms with E-state index < -0.39 is 0 Å². The number of aromatic nitrogens is 4. The summed E-state index contributed by atoms with van der Waals surface area (Å²) in [5.74, 6) is 1.67. The molecule has 2 amide bonds. The minimum absolute atomic E-state index is 0.0356. The van der Waals surface area contributed by atoms with Crippen LogP contribution in [0.1, 0.15) is 67.8 Å². The molecule has 5 aromatic rings. The highest BCUT2D eigenvalue weighted by Gasteiger charge is 2.37. The van der Waals surface area contributed by atoms with E-state index in [1.54, 1.807) is 12.5 Å². The van der Waals surface area contributed by atoms with Crippen LogP contribution in [0.3, 0.4) is 0 Å². The molecule has 0 bridgehead atoms. The molecule has 49 heavy (non-hydrogen) atoms. The molecule has 1 radical (unpaired) electrons. The van der Waals surface area contributed by atoms with E-state index in [0.717, 1.165) is 95.9 Å². The van der Waals surface area contributed by atoms with Crippen molar-refractivity contribution in [3.8, 4) is 33.6 Å². The van der Waals surface area contributed by atoms with Gasteiger partial charge in [0.05, 0.1) is 42.3 Å². The number of imidazole rings is 2. The van der Waals surface area contributed by atoms with Crippen LogP contribution in [0.4, 0.5) is 0 Å². The lowest BCUT2D eigenvalue weighted by Crippen LogP contribution is -2.38. The van der Waals surface area contributed by atoms with Gasteiger partial charge in [0.2, 0.25) is 5.91 Å². The Morgan fingerprint density at radius 2 is 1.27 bits per heavy atom. The molecule has 0 unspecified atom stereocenters. The van der Waals surface area contributed by atoms with Crippen LogP contribution in [0.5, 0.6) is 0 Å². The molecule has 3 aliphatic heterocycles. The number of hydrogen-bond donors (Lipinski definition) is 2. The number of H-pyrrole nitrogens is 2. The molecular weight excluding hydrogens is 636 g/mol. The molecule has 2 N–H and O–H groups in total. The van der Waals surface area contributed by atoms with Gasteiger partial charge in [-0.05, 0) is 72.4 Å². The molecule has 0 aliphatic carbocycles. The summed E-state index contributed by atoms with van der Waals surface area (Å²) in [5.41, 5.74) is 6.87. The first-order valence-electron chi connectivity index (χ1n) is 17.1. The lowest BCUT2D eigenvalue weighted by Gasteiger charge is -2.25. The molecule has 2 aromatic heterocycles. The SMILES string of the molecule is O=C([CH]c1ccccc1Cl)N1CCC[C@H]1c1ncc(-c2ccc(-c3ccc(-c4cnc([C@@H]5CCCN5C(=O)[C@H]5CCCO5)[nH]4)cc3)cc2)[nH]1. The minimum atomic E-state index is -0.307. The predicted molar refractivity (Wildman–Crippen MR) is 188 cm³/mol. The number of rotatable bonds is 8. The van der Waals surface area contributed by atoms with Crippen LogP contribution in [0.15, 0.2) is 85.2 Å². The van der Waals surface area contributed by atoms with Crippen LogP contribution in [0.25, 0.3) is 33.6 Å². The second-order valence-corrected chi connectivity index (χ2v) is 13.5. The number of halogens is 1. The zero-order chi connectivity index (χ0) is 33.3. The highest BCUT2D eigenvalue weighted by Crippen LogP contribution is 2.35. The summed E-state index contributed by atoms with van der Waals surface area (Å²) in [4.78, 5) is 46.4. The summed E-state index contributed by atoms with van der Waals surface area (Å²) < 4.78 is 5.67. The molecular formula is C39H38ClN6O3. The van der Waals surface area contributed by atoms with Crippen LogP contribution < -0.4 is 0 Å². The van der Waals surface area contributed by atoms with Crippen molar-refractivity contribution < 1.29 is 14.3 Å². The number of carbonyl (C=O) groups excluding carboxylic acids is 2. The molecule has 3 saturated heterocycles. The lowest BCUT2D eigenvalue weighted by atomic mass is 10.0. The number of hydrogen-bond acceptors (Lipinski definition) is 5. The van der Waals surface area contributed by atoms with Gasteiger partial charge in [0.1, 0.15) is 17.8 Å². The van der Waals surface area contributed by atoms with E-state index in [1.807, 2.05) is 40.4 Å². The van der Waals surface area contributed by atoms with E-state index in [2.05, 4.69) is 68.5 Å². The molecule has 10 heteroatoms. The Morgan fingerprint density at radius 3 is 1.84 bits per heavy atom. The van der Waals surface area contributed by atoms with Gasteiger partial charge in [0, 0.05) is 24.7 Å². The van der Waals surface area contributed by atoms with Crippen molar-refractivity contribution in [3.63, 3.8) is 0 Å². The molecule has 3 atom stereocenters. The minimum Gasteiger partial charge on any atom is -0.368 e. The van der Waals surface area contributed by atoms with Gasteiger partial charge >= 0.3 is 0 Å². The summed E-state index contributed by atoms with van der Waals surface area (Å²) in [6.45, 7) is 2.10. The van der Waals surface area contributed by atoms with E-state index in [4.69, 9.17) is 16.3 Å². The Balaban J connectivity index is 0.918. The Labute approximate surface area is 290 Å². The predicted octanol–water partition coefficient (Wildman–Crippen LogP) is 7.55. The number of nitrogens with one attached hydrogen (secondary N) is 2. The Morgan fingerprint density at radius 1 is 0.714 bits per heavy atom. The van der Waals surface area contributed by atoms with Crippen LogP contribution in [-0.4, -0.2) is 67.4 Å². The average molecular weight is 674 g/mol. The van der Waals surface area contributed by atoms with Gasteiger partial charge in [0.25, 0.3) is 5.91 Å². The molecule has 3 aliphatic rings. The number of amides is 2. The summed E-state index contributed by atoms with van der Waals surface area (Å²) >= 11 is 6.29. The zero-order valence-corrected chi connectivity index (χ0v) is 27.9. The van der Waals surface area contributed by atoms with Crippen LogP contribution in [0, 0.1) is 6.42 Å². The van der Waals surface area contributed by atoms with Gasteiger partial charge in [-0.2, -0.15) is 0 Å². The van der Waals surface area contributed by atoms with Crippen LogP contribution >= 0.6 is 11.6 Å². The third-order valence-electron chi connectivity index (χ3n) is 10.0. The summed E-state index contributed by atoms with van der Waals surface area (Å²) in [7, 11) is 0. The molecule has 0 spiro atoms. The molecule has 8 rings (SSSR count). The van der Waals surface area contributed by atoms with Crippen molar-refractivity contribution in [3.05, 3.63) is 114 Å². The molecule has 3 fully saturated rings. The zero-order valence-electron chi connectivity index (χ0n) is 27.1. The monoisotopic (exact) mass is 673 g/mol. The van der Waals surface area contributed by atoms with Gasteiger partial charge in [-0.3, -0.25) is 9.59 Å². The fraction of sp³-hybridized carbons (Fsp3) is 0.308. The van der Waals surface area contributed by atoms with Crippen molar-refractivity contribution in [1.82, 2.24) is 29.7 Å². The van der Waals surface area contributed by atoms with E-state index in [9.17, 15) is 9.59 Å². The number of ether oxygens (including phenoxy) is 1. The van der Waals surface area contributed by atoms with Gasteiger partial charge < -0.3 is 24.5 Å². The second-order valence-electron chi connectivity index (χ2n) is 13.1. The number of benzene rings is 3. The molecule has 9 nitrogen and oxygen atoms in total. The Kier molecular flexibility index (Phi) is 8.78. The fourth-order valence-electron chi connectivity index (χ4n) is 7.38. The number of aromatic amines is 2. The van der Waals surface area contributed by atoms with Crippen molar-refractivity contribution >= 4 is 23.4 Å². The van der Waals surface area contributed by atoms with Gasteiger partial charge in [-0.1, -0.05) is 78.3 Å². The van der Waals surface area contributed by atoms with Gasteiger partial charge in [-0.25, -0.2) is 9.97 Å². The van der Waals surface area contributed by atoms with Crippen LogP contribution in [-0.2, 0) is 14.3 Å². The summed E-state index contributed by atoms with van der Waals surface area (Å²) in [6, 6.07) is 24.1. The Hall–Kier alpha value is -4.73. The van der Waals surface area contributed by atoms with Crippen molar-refractivity contribution in [2.45, 2.75) is 56.7 Å². The van der Waals surface area contributed by atoms with Crippen molar-refractivity contribution in [1.29, 1.82) is 0 Å². The highest BCUT2D eigenvalue weighted by molar-refractivity contribution is 6.31. The number of likely N-dealkylation sites (tertiary alicyclic amines) is 2. The standard InChI is InChI=1S/C39H38ClN6O3/c40-30-7-2-1-6-29(30)22-36(47)45-19-3-8-33(45)37-41-23-31(43-37)27-15-11-25(12-16-27)26-13-17-28(18-14-26)32-24-42-38(44-32)34-9-4-20-46(34)39(48)35-10-5-21-49-35/h1-2,6-7,11-18,22-24,33-35H,3-5,8-10,19-21H2,(H,41,43)(H,42,44)/t33-,34-,35+/m0/s1. The quantitative estimate of drug-likeness (QED) is 0.177. The maximum Gasteiger partial charge on any atom is 0.252 e. The molecule has 5 heterocycles. The van der Waals surface area contributed by atoms with Crippen molar-refractivity contribution in [2.75, 3.05) is 19.7 Å². The fourth-order valence-corrected chi connectivity index (χ4v) is 7.58. The molecule has 3 aromatic carbocycles. The first-order chi connectivity index (χ1) is 24.0. The summed E-state index contributed by atoms with van der Waals surface area (Å²) in [6.07, 6.45) is 10.4. The van der Waals surface area contributed by atoms with Crippen LogP contribution in [0.2, 0.25) is 5.02 Å². The molecule has 249 valence electrons. The van der Waals surface area contributed by atoms with Crippen molar-refractivity contribution in [2.24, 2.45) is 0 Å². The largest absolute Gasteiger partial charge is 0.368 e. The number of nitrogens with zero attached hydrogens (tertiary/aromatic N) is 4. The normalized spacial score (nSPS) is 20.7. The average Bonchev–Trinajstić information content (AvgIpc) is 3.98. The third-order valence-corrected chi connectivity index (χ3v) is 10.4. The summed E-state index contributed by atoms with van der Waals surface area (Å²) in [5, 5.41) is 0.564. The molecule has 0 saturated carbocycles. The maximum atomic E-state index is 13.2. The third kappa shape index (κ3) is 6.40. The van der Waals surface area contributed by atoms with E-state index in [1.165, 1.54) is 0 Å². The van der Waals surface area contributed by atoms with E-state index in [0.29, 0.717) is 18.2 Å². The highest BCUT2D eigenvalue weighted by atomic mass is 35.5.